The number of ether oxygens (including phenoxy) is 4. The minimum atomic E-state index is 0.187. The van der Waals surface area contributed by atoms with Crippen LogP contribution in [0.3, 0.4) is 0 Å². The zero-order chi connectivity index (χ0) is 25.5. The molecule has 1 N–H and O–H groups in total. The highest BCUT2D eigenvalue weighted by Gasteiger charge is 2.23. The van der Waals surface area contributed by atoms with Crippen LogP contribution in [0.1, 0.15) is 33.9 Å². The van der Waals surface area contributed by atoms with E-state index in [9.17, 15) is 0 Å². The maximum absolute atomic E-state index is 6.29. The van der Waals surface area contributed by atoms with Crippen molar-refractivity contribution in [1.82, 2.24) is 5.32 Å². The number of hydrogen-bond acceptors (Lipinski definition) is 5. The first-order valence-corrected chi connectivity index (χ1v) is 12.7. The molecule has 37 heavy (non-hydrogen) atoms. The second-order valence-corrected chi connectivity index (χ2v) is 9.20. The molecule has 0 saturated carbocycles. The number of fused-ring (bicyclic) bond motifs is 1. The van der Waals surface area contributed by atoms with Gasteiger partial charge in [-0.15, -0.1) is 0 Å². The molecular formula is C32H33NO4. The molecule has 1 aliphatic rings. The Morgan fingerprint density at radius 3 is 1.89 bits per heavy atom. The van der Waals surface area contributed by atoms with E-state index in [4.69, 9.17) is 18.9 Å². The molecule has 0 aliphatic carbocycles. The van der Waals surface area contributed by atoms with Crippen molar-refractivity contribution < 1.29 is 18.9 Å². The number of rotatable bonds is 10. The lowest BCUT2D eigenvalue weighted by atomic mass is 9.90. The van der Waals surface area contributed by atoms with E-state index in [0.29, 0.717) is 30.5 Å². The molecule has 0 fully saturated rings. The fraction of sp³-hybridized carbons (Fsp3) is 0.250. The zero-order valence-corrected chi connectivity index (χ0v) is 21.4. The number of methoxy groups -OCH3 is 2. The van der Waals surface area contributed by atoms with Crippen LogP contribution in [0.5, 0.6) is 23.0 Å². The average molecular weight is 496 g/mol. The van der Waals surface area contributed by atoms with Crippen molar-refractivity contribution in [3.8, 4) is 23.0 Å². The van der Waals surface area contributed by atoms with Gasteiger partial charge in [-0.05, 0) is 71.5 Å². The molecule has 1 atom stereocenters. The Balaban J connectivity index is 1.44. The van der Waals surface area contributed by atoms with E-state index in [1.807, 2.05) is 42.5 Å². The molecule has 0 saturated heterocycles. The van der Waals surface area contributed by atoms with Gasteiger partial charge in [0.25, 0.3) is 0 Å². The van der Waals surface area contributed by atoms with Crippen LogP contribution in [0, 0.1) is 0 Å². The predicted molar refractivity (Wildman–Crippen MR) is 146 cm³/mol. The Labute approximate surface area is 219 Å². The fourth-order valence-electron chi connectivity index (χ4n) is 4.81. The van der Waals surface area contributed by atoms with Gasteiger partial charge in [0.15, 0.2) is 11.5 Å². The van der Waals surface area contributed by atoms with Gasteiger partial charge < -0.3 is 24.3 Å². The Kier molecular flexibility index (Phi) is 7.92. The molecule has 4 aromatic carbocycles. The summed E-state index contributed by atoms with van der Waals surface area (Å²) in [5.74, 6) is 2.87. The summed E-state index contributed by atoms with van der Waals surface area (Å²) in [6.07, 6.45) is 1.79. The quantitative estimate of drug-likeness (QED) is 0.280. The second kappa shape index (κ2) is 11.8. The molecule has 1 unspecified atom stereocenters. The fourth-order valence-corrected chi connectivity index (χ4v) is 4.81. The van der Waals surface area contributed by atoms with Crippen LogP contribution >= 0.6 is 0 Å². The maximum Gasteiger partial charge on any atom is 0.203 e. The van der Waals surface area contributed by atoms with Gasteiger partial charge in [0, 0.05) is 6.04 Å². The van der Waals surface area contributed by atoms with Crippen LogP contribution in [0.15, 0.2) is 91.0 Å². The summed E-state index contributed by atoms with van der Waals surface area (Å²) in [6, 6.07) is 31.0. The number of nitrogens with one attached hydrogen (secondary N) is 1. The van der Waals surface area contributed by atoms with E-state index in [2.05, 4.69) is 53.8 Å². The van der Waals surface area contributed by atoms with Crippen molar-refractivity contribution in [3.05, 3.63) is 119 Å². The lowest BCUT2D eigenvalue weighted by Gasteiger charge is -2.28. The van der Waals surface area contributed by atoms with Crippen LogP contribution in [-0.2, 0) is 26.1 Å². The second-order valence-electron chi connectivity index (χ2n) is 9.20. The molecular weight excluding hydrogens is 462 g/mol. The van der Waals surface area contributed by atoms with Gasteiger partial charge >= 0.3 is 0 Å². The molecule has 0 amide bonds. The lowest BCUT2D eigenvalue weighted by molar-refractivity contribution is 0.257. The molecule has 5 rings (SSSR count). The third-order valence-electron chi connectivity index (χ3n) is 6.71. The van der Waals surface area contributed by atoms with Crippen molar-refractivity contribution in [2.45, 2.75) is 32.1 Å². The summed E-state index contributed by atoms with van der Waals surface area (Å²) in [5, 5.41) is 3.69. The first-order chi connectivity index (χ1) is 18.2. The van der Waals surface area contributed by atoms with Crippen LogP contribution < -0.4 is 24.3 Å². The summed E-state index contributed by atoms with van der Waals surface area (Å²) >= 11 is 0. The zero-order valence-electron chi connectivity index (χ0n) is 21.4. The number of hydrogen-bond donors (Lipinski definition) is 1. The first kappa shape index (κ1) is 24.7. The van der Waals surface area contributed by atoms with E-state index >= 15 is 0 Å². The third-order valence-corrected chi connectivity index (χ3v) is 6.71. The van der Waals surface area contributed by atoms with Gasteiger partial charge in [-0.25, -0.2) is 0 Å². The lowest BCUT2D eigenvalue weighted by Crippen LogP contribution is -2.31. The molecule has 0 bridgehead atoms. The standard InChI is InChI=1S/C32H33NO4/c1-34-27-13-14-28-26(20-27)15-16-33-29(28)17-25-18-30(36-21-23-9-5-3-6-10-23)32(35-2)31(19-25)37-22-24-11-7-4-8-12-24/h3-14,18-20,29,33H,15-17,21-22H2,1-2H3. The van der Waals surface area contributed by atoms with E-state index in [1.165, 1.54) is 11.1 Å². The van der Waals surface area contributed by atoms with Crippen molar-refractivity contribution in [1.29, 1.82) is 0 Å². The number of benzene rings is 4. The summed E-state index contributed by atoms with van der Waals surface area (Å²) in [4.78, 5) is 0. The normalized spacial score (nSPS) is 14.5. The Morgan fingerprint density at radius 1 is 0.703 bits per heavy atom. The smallest absolute Gasteiger partial charge is 0.203 e. The Bertz CT molecular complexity index is 1240. The van der Waals surface area contributed by atoms with E-state index in [-0.39, 0.29) is 6.04 Å². The Morgan fingerprint density at radius 2 is 1.32 bits per heavy atom. The topological polar surface area (TPSA) is 49.0 Å². The van der Waals surface area contributed by atoms with Crippen LogP contribution in [0.2, 0.25) is 0 Å². The first-order valence-electron chi connectivity index (χ1n) is 12.7. The summed E-state index contributed by atoms with van der Waals surface area (Å²) in [5.41, 5.74) is 5.95. The molecule has 0 radical (unpaired) electrons. The van der Waals surface area contributed by atoms with Gasteiger partial charge in [-0.3, -0.25) is 0 Å². The summed E-state index contributed by atoms with van der Waals surface area (Å²) in [6.45, 7) is 1.82. The largest absolute Gasteiger partial charge is 0.497 e. The highest BCUT2D eigenvalue weighted by molar-refractivity contribution is 5.54. The van der Waals surface area contributed by atoms with Crippen molar-refractivity contribution >= 4 is 0 Å². The molecule has 0 aromatic heterocycles. The van der Waals surface area contributed by atoms with Crippen LogP contribution in [-0.4, -0.2) is 20.8 Å². The van der Waals surface area contributed by atoms with Gasteiger partial charge in [0.05, 0.1) is 14.2 Å². The average Bonchev–Trinajstić information content (AvgIpc) is 2.95. The van der Waals surface area contributed by atoms with Gasteiger partial charge in [-0.2, -0.15) is 0 Å². The molecule has 190 valence electrons. The van der Waals surface area contributed by atoms with Crippen molar-refractivity contribution in [3.63, 3.8) is 0 Å². The highest BCUT2D eigenvalue weighted by Crippen LogP contribution is 2.41. The van der Waals surface area contributed by atoms with Gasteiger partial charge in [0.2, 0.25) is 5.75 Å². The molecule has 1 aliphatic heterocycles. The monoisotopic (exact) mass is 495 g/mol. The van der Waals surface area contributed by atoms with E-state index in [1.54, 1.807) is 14.2 Å². The van der Waals surface area contributed by atoms with Gasteiger partial charge in [0.1, 0.15) is 19.0 Å². The van der Waals surface area contributed by atoms with E-state index < -0.39 is 0 Å². The predicted octanol–water partition coefficient (Wildman–Crippen LogP) is 6.29. The molecule has 5 heteroatoms. The molecule has 1 heterocycles. The molecule has 4 aromatic rings. The molecule has 5 nitrogen and oxygen atoms in total. The van der Waals surface area contributed by atoms with Crippen LogP contribution in [0.25, 0.3) is 0 Å². The van der Waals surface area contributed by atoms with E-state index in [0.717, 1.165) is 41.8 Å². The SMILES string of the molecule is COc1ccc2c(c1)CCNC2Cc1cc(OCc2ccccc2)c(OC)c(OCc2ccccc2)c1. The maximum atomic E-state index is 6.29. The van der Waals surface area contributed by atoms with Crippen LogP contribution in [0.4, 0.5) is 0 Å². The van der Waals surface area contributed by atoms with Crippen molar-refractivity contribution in [2.24, 2.45) is 0 Å². The summed E-state index contributed by atoms with van der Waals surface area (Å²) in [7, 11) is 3.37. The third kappa shape index (κ3) is 6.07. The minimum absolute atomic E-state index is 0.187. The Hall–Kier alpha value is -3.96. The minimum Gasteiger partial charge on any atom is -0.497 e. The van der Waals surface area contributed by atoms with Crippen molar-refractivity contribution in [2.75, 3.05) is 20.8 Å². The highest BCUT2D eigenvalue weighted by atomic mass is 16.5. The molecule has 0 spiro atoms. The summed E-state index contributed by atoms with van der Waals surface area (Å²) < 4.78 is 23.8. The van der Waals surface area contributed by atoms with Gasteiger partial charge in [-0.1, -0.05) is 66.7 Å².